The summed E-state index contributed by atoms with van der Waals surface area (Å²) in [7, 11) is 1.66. The lowest BCUT2D eigenvalue weighted by atomic mass is 10.1. The number of benzene rings is 2. The number of halogens is 1. The molecule has 0 bridgehead atoms. The van der Waals surface area contributed by atoms with E-state index in [-0.39, 0.29) is 6.61 Å². The minimum atomic E-state index is 0.137. The molecule has 0 saturated heterocycles. The number of hydrogen-bond acceptors (Lipinski definition) is 3. The Bertz CT molecular complexity index is 575. The van der Waals surface area contributed by atoms with E-state index in [9.17, 15) is 5.11 Å². The molecule has 0 spiro atoms. The van der Waals surface area contributed by atoms with Crippen LogP contribution in [0.5, 0.6) is 5.75 Å². The second-order valence-electron chi connectivity index (χ2n) is 5.19. The van der Waals surface area contributed by atoms with Crippen molar-refractivity contribution in [1.82, 2.24) is 4.90 Å². The summed E-state index contributed by atoms with van der Waals surface area (Å²) < 4.78 is 5.39. The Morgan fingerprint density at radius 3 is 2.55 bits per heavy atom. The first-order valence-corrected chi connectivity index (χ1v) is 7.80. The highest BCUT2D eigenvalue weighted by Gasteiger charge is 2.10. The average Bonchev–Trinajstić information content (AvgIpc) is 2.54. The van der Waals surface area contributed by atoms with E-state index < -0.39 is 0 Å². The molecule has 0 amide bonds. The average molecular weight is 320 g/mol. The van der Waals surface area contributed by atoms with Crippen LogP contribution in [0.15, 0.2) is 48.5 Å². The minimum absolute atomic E-state index is 0.137. The van der Waals surface area contributed by atoms with Crippen LogP contribution in [0.4, 0.5) is 0 Å². The molecule has 2 aromatic carbocycles. The first-order chi connectivity index (χ1) is 10.7. The maximum absolute atomic E-state index is 9.29. The molecule has 0 radical (unpaired) electrons. The number of aliphatic hydroxyl groups is 1. The third-order valence-corrected chi connectivity index (χ3v) is 3.85. The fraction of sp³-hybridized carbons (Fsp3) is 0.333. The second-order valence-corrected chi connectivity index (χ2v) is 5.63. The molecule has 0 aliphatic rings. The van der Waals surface area contributed by atoms with Crippen LogP contribution < -0.4 is 4.74 Å². The second kappa shape index (κ2) is 8.79. The van der Waals surface area contributed by atoms with E-state index in [4.69, 9.17) is 16.3 Å². The first kappa shape index (κ1) is 16.8. The molecule has 4 heteroatoms. The van der Waals surface area contributed by atoms with E-state index in [1.165, 1.54) is 5.56 Å². The molecular formula is C18H22ClNO2. The zero-order valence-electron chi connectivity index (χ0n) is 12.8. The summed E-state index contributed by atoms with van der Waals surface area (Å²) in [6.07, 6.45) is 0.948. The minimum Gasteiger partial charge on any atom is -0.496 e. The molecule has 0 unspecified atom stereocenters. The summed E-state index contributed by atoms with van der Waals surface area (Å²) in [6.45, 7) is 2.34. The summed E-state index contributed by atoms with van der Waals surface area (Å²) in [5.41, 5.74) is 2.33. The van der Waals surface area contributed by atoms with Gasteiger partial charge in [0.25, 0.3) is 0 Å². The van der Waals surface area contributed by atoms with E-state index in [1.54, 1.807) is 7.11 Å². The van der Waals surface area contributed by atoms with E-state index in [2.05, 4.69) is 17.0 Å². The fourth-order valence-electron chi connectivity index (χ4n) is 2.45. The standard InChI is InChI=1S/C18H22ClNO2/c1-22-18-8-7-17(19)13-16(18)14-20(11-12-21)10-9-15-5-3-2-4-6-15/h2-8,13,21H,9-12,14H2,1H3. The van der Waals surface area contributed by atoms with Gasteiger partial charge in [0.1, 0.15) is 5.75 Å². The van der Waals surface area contributed by atoms with Gasteiger partial charge in [-0.1, -0.05) is 41.9 Å². The Labute approximate surface area is 137 Å². The highest BCUT2D eigenvalue weighted by molar-refractivity contribution is 6.30. The lowest BCUT2D eigenvalue weighted by Crippen LogP contribution is -2.29. The SMILES string of the molecule is COc1ccc(Cl)cc1CN(CCO)CCc1ccccc1. The van der Waals surface area contributed by atoms with Crippen molar-refractivity contribution in [3.8, 4) is 5.75 Å². The predicted molar refractivity (Wildman–Crippen MR) is 90.5 cm³/mol. The van der Waals surface area contributed by atoms with Crippen molar-refractivity contribution in [2.75, 3.05) is 26.8 Å². The topological polar surface area (TPSA) is 32.7 Å². The molecule has 2 aromatic rings. The van der Waals surface area contributed by atoms with E-state index >= 15 is 0 Å². The van der Waals surface area contributed by atoms with Crippen LogP contribution in [0.2, 0.25) is 5.02 Å². The smallest absolute Gasteiger partial charge is 0.123 e. The fourth-order valence-corrected chi connectivity index (χ4v) is 2.65. The lowest BCUT2D eigenvalue weighted by molar-refractivity contribution is 0.190. The van der Waals surface area contributed by atoms with E-state index in [0.717, 1.165) is 24.3 Å². The van der Waals surface area contributed by atoms with Gasteiger partial charge >= 0.3 is 0 Å². The summed E-state index contributed by atoms with van der Waals surface area (Å²) in [6, 6.07) is 16.0. The van der Waals surface area contributed by atoms with Gasteiger partial charge in [0.2, 0.25) is 0 Å². The Morgan fingerprint density at radius 2 is 1.86 bits per heavy atom. The number of aliphatic hydroxyl groups excluding tert-OH is 1. The Morgan fingerprint density at radius 1 is 1.09 bits per heavy atom. The number of ether oxygens (including phenoxy) is 1. The molecular weight excluding hydrogens is 298 g/mol. The molecule has 0 heterocycles. The number of rotatable bonds is 8. The van der Waals surface area contributed by atoms with Crippen molar-refractivity contribution in [1.29, 1.82) is 0 Å². The number of hydrogen-bond donors (Lipinski definition) is 1. The summed E-state index contributed by atoms with van der Waals surface area (Å²) >= 11 is 6.08. The summed E-state index contributed by atoms with van der Waals surface area (Å²) in [5.74, 6) is 0.826. The molecule has 0 fully saturated rings. The first-order valence-electron chi connectivity index (χ1n) is 7.42. The molecule has 3 nitrogen and oxygen atoms in total. The van der Waals surface area contributed by atoms with E-state index in [1.807, 2.05) is 36.4 Å². The maximum Gasteiger partial charge on any atom is 0.123 e. The molecule has 0 atom stereocenters. The maximum atomic E-state index is 9.29. The van der Waals surface area contributed by atoms with Crippen LogP contribution in [0.25, 0.3) is 0 Å². The van der Waals surface area contributed by atoms with Crippen LogP contribution in [-0.2, 0) is 13.0 Å². The number of methoxy groups -OCH3 is 1. The Kier molecular flexibility index (Phi) is 6.72. The van der Waals surface area contributed by atoms with Gasteiger partial charge in [0.15, 0.2) is 0 Å². The highest BCUT2D eigenvalue weighted by Crippen LogP contribution is 2.24. The van der Waals surface area contributed by atoms with Crippen molar-refractivity contribution in [2.24, 2.45) is 0 Å². The van der Waals surface area contributed by atoms with Gasteiger partial charge < -0.3 is 9.84 Å². The van der Waals surface area contributed by atoms with Crippen LogP contribution in [-0.4, -0.2) is 36.8 Å². The van der Waals surface area contributed by atoms with Gasteiger partial charge in [0, 0.05) is 30.2 Å². The molecule has 0 aliphatic heterocycles. The molecule has 0 saturated carbocycles. The van der Waals surface area contributed by atoms with Crippen LogP contribution in [0, 0.1) is 0 Å². The third kappa shape index (κ3) is 5.02. The van der Waals surface area contributed by atoms with Crippen LogP contribution in [0.1, 0.15) is 11.1 Å². The normalized spacial score (nSPS) is 10.9. The largest absolute Gasteiger partial charge is 0.496 e. The molecule has 2 rings (SSSR count). The molecule has 1 N–H and O–H groups in total. The Hall–Kier alpha value is -1.55. The van der Waals surface area contributed by atoms with Gasteiger partial charge in [0.05, 0.1) is 13.7 Å². The van der Waals surface area contributed by atoms with Crippen molar-refractivity contribution >= 4 is 11.6 Å². The number of nitrogens with zero attached hydrogens (tertiary/aromatic N) is 1. The monoisotopic (exact) mass is 319 g/mol. The van der Waals surface area contributed by atoms with Gasteiger partial charge in [-0.15, -0.1) is 0 Å². The van der Waals surface area contributed by atoms with E-state index in [0.29, 0.717) is 18.1 Å². The van der Waals surface area contributed by atoms with Gasteiger partial charge in [-0.3, -0.25) is 4.90 Å². The van der Waals surface area contributed by atoms with Gasteiger partial charge in [-0.25, -0.2) is 0 Å². The van der Waals surface area contributed by atoms with Crippen molar-refractivity contribution in [3.05, 3.63) is 64.7 Å². The third-order valence-electron chi connectivity index (χ3n) is 3.61. The molecule has 0 aromatic heterocycles. The lowest BCUT2D eigenvalue weighted by Gasteiger charge is -2.22. The summed E-state index contributed by atoms with van der Waals surface area (Å²) in [4.78, 5) is 2.21. The highest BCUT2D eigenvalue weighted by atomic mass is 35.5. The van der Waals surface area contributed by atoms with Gasteiger partial charge in [-0.05, 0) is 30.2 Å². The van der Waals surface area contributed by atoms with Crippen molar-refractivity contribution in [2.45, 2.75) is 13.0 Å². The van der Waals surface area contributed by atoms with Crippen LogP contribution >= 0.6 is 11.6 Å². The van der Waals surface area contributed by atoms with Crippen molar-refractivity contribution in [3.63, 3.8) is 0 Å². The Balaban J connectivity index is 2.03. The predicted octanol–water partition coefficient (Wildman–Crippen LogP) is 3.39. The zero-order valence-corrected chi connectivity index (χ0v) is 13.6. The zero-order chi connectivity index (χ0) is 15.8. The van der Waals surface area contributed by atoms with Crippen molar-refractivity contribution < 1.29 is 9.84 Å². The van der Waals surface area contributed by atoms with Gasteiger partial charge in [-0.2, -0.15) is 0 Å². The quantitative estimate of drug-likeness (QED) is 0.809. The molecule has 22 heavy (non-hydrogen) atoms. The summed E-state index contributed by atoms with van der Waals surface area (Å²) in [5, 5.41) is 9.99. The van der Waals surface area contributed by atoms with Crippen LogP contribution in [0.3, 0.4) is 0 Å². The molecule has 118 valence electrons. The molecule has 0 aliphatic carbocycles.